The van der Waals surface area contributed by atoms with Gasteiger partial charge in [-0.15, -0.1) is 11.8 Å². The summed E-state index contributed by atoms with van der Waals surface area (Å²) < 4.78 is 5.26. The smallest absolute Gasteiger partial charge is 0.311 e. The van der Waals surface area contributed by atoms with Gasteiger partial charge in [0.25, 0.3) is 5.91 Å². The van der Waals surface area contributed by atoms with Gasteiger partial charge in [-0.3, -0.25) is 9.59 Å². The van der Waals surface area contributed by atoms with Gasteiger partial charge in [-0.1, -0.05) is 0 Å². The second-order valence-electron chi connectivity index (χ2n) is 4.70. The molecule has 2 heterocycles. The number of hydrogen-bond acceptors (Lipinski definition) is 5. The molecule has 0 spiro atoms. The molecule has 6 nitrogen and oxygen atoms in total. The first-order valence-corrected chi connectivity index (χ1v) is 7.93. The molecule has 0 radical (unpaired) electrons. The van der Waals surface area contributed by atoms with E-state index in [0.717, 1.165) is 0 Å². The van der Waals surface area contributed by atoms with Gasteiger partial charge < -0.3 is 14.7 Å². The van der Waals surface area contributed by atoms with E-state index in [0.29, 0.717) is 17.1 Å². The molecule has 2 unspecified atom stereocenters. The molecule has 2 atom stereocenters. The molecule has 1 amide bonds. The Balaban J connectivity index is 2.28. The SMILES string of the molecule is CCN(C(=O)c1cccnc1SC)C1COCC1C(=O)O. The van der Waals surface area contributed by atoms with Gasteiger partial charge in [0.05, 0.1) is 24.8 Å². The highest BCUT2D eigenvalue weighted by molar-refractivity contribution is 7.98. The van der Waals surface area contributed by atoms with Crippen molar-refractivity contribution in [2.45, 2.75) is 18.0 Å². The lowest BCUT2D eigenvalue weighted by Crippen LogP contribution is -2.46. The monoisotopic (exact) mass is 310 g/mol. The van der Waals surface area contributed by atoms with Crippen LogP contribution >= 0.6 is 11.8 Å². The first kappa shape index (κ1) is 15.8. The summed E-state index contributed by atoms with van der Waals surface area (Å²) in [6.07, 6.45) is 3.49. The zero-order valence-corrected chi connectivity index (χ0v) is 12.8. The van der Waals surface area contributed by atoms with Gasteiger partial charge in [0, 0.05) is 12.7 Å². The van der Waals surface area contributed by atoms with Crippen molar-refractivity contribution in [3.05, 3.63) is 23.9 Å². The second kappa shape index (κ2) is 6.91. The third kappa shape index (κ3) is 3.19. The molecule has 2 rings (SSSR count). The first-order valence-electron chi connectivity index (χ1n) is 6.70. The lowest BCUT2D eigenvalue weighted by atomic mass is 10.0. The lowest BCUT2D eigenvalue weighted by molar-refractivity contribution is -0.142. The predicted octanol–water partition coefficient (Wildman–Crippen LogP) is 1.37. The predicted molar refractivity (Wildman–Crippen MR) is 78.5 cm³/mol. The number of aromatic nitrogens is 1. The van der Waals surface area contributed by atoms with E-state index >= 15 is 0 Å². The number of carboxylic acids is 1. The Bertz CT molecular complexity index is 537. The maximum absolute atomic E-state index is 12.7. The number of ether oxygens (including phenoxy) is 1. The number of amides is 1. The molecule has 0 bridgehead atoms. The number of pyridine rings is 1. The van der Waals surface area contributed by atoms with Gasteiger partial charge >= 0.3 is 5.97 Å². The molecule has 1 aliphatic heterocycles. The topological polar surface area (TPSA) is 79.7 Å². The Morgan fingerprint density at radius 1 is 1.52 bits per heavy atom. The molecule has 7 heteroatoms. The number of thioether (sulfide) groups is 1. The van der Waals surface area contributed by atoms with Crippen LogP contribution in [0.3, 0.4) is 0 Å². The van der Waals surface area contributed by atoms with Crippen molar-refractivity contribution in [1.29, 1.82) is 0 Å². The van der Waals surface area contributed by atoms with Crippen LogP contribution in [0.5, 0.6) is 0 Å². The Kier molecular flexibility index (Phi) is 5.19. The van der Waals surface area contributed by atoms with E-state index in [4.69, 9.17) is 4.74 Å². The molecule has 21 heavy (non-hydrogen) atoms. The zero-order valence-electron chi connectivity index (χ0n) is 12.0. The fourth-order valence-corrected chi connectivity index (χ4v) is 3.03. The Morgan fingerprint density at radius 3 is 2.90 bits per heavy atom. The van der Waals surface area contributed by atoms with Gasteiger partial charge in [-0.05, 0) is 25.3 Å². The highest BCUT2D eigenvalue weighted by atomic mass is 32.2. The van der Waals surface area contributed by atoms with E-state index in [2.05, 4.69) is 4.98 Å². The van der Waals surface area contributed by atoms with E-state index in [1.54, 1.807) is 23.2 Å². The molecule has 1 N–H and O–H groups in total. The average Bonchev–Trinajstić information content (AvgIpc) is 2.97. The quantitative estimate of drug-likeness (QED) is 0.827. The van der Waals surface area contributed by atoms with Crippen LogP contribution in [0.1, 0.15) is 17.3 Å². The van der Waals surface area contributed by atoms with E-state index < -0.39 is 17.9 Å². The van der Waals surface area contributed by atoms with Gasteiger partial charge in [0.1, 0.15) is 10.9 Å². The highest BCUT2D eigenvalue weighted by Crippen LogP contribution is 2.24. The van der Waals surface area contributed by atoms with E-state index in [9.17, 15) is 14.7 Å². The molecule has 114 valence electrons. The van der Waals surface area contributed by atoms with Crippen molar-refractivity contribution in [1.82, 2.24) is 9.88 Å². The highest BCUT2D eigenvalue weighted by Gasteiger charge is 2.40. The molecule has 1 saturated heterocycles. The Hall–Kier alpha value is -1.60. The third-order valence-electron chi connectivity index (χ3n) is 3.56. The van der Waals surface area contributed by atoms with Gasteiger partial charge in [-0.25, -0.2) is 4.98 Å². The van der Waals surface area contributed by atoms with Crippen LogP contribution in [0, 0.1) is 5.92 Å². The number of nitrogens with zero attached hydrogens (tertiary/aromatic N) is 2. The minimum absolute atomic E-state index is 0.145. The van der Waals surface area contributed by atoms with Crippen LogP contribution in [0.2, 0.25) is 0 Å². The number of carbonyl (C=O) groups excluding carboxylic acids is 1. The summed E-state index contributed by atoms with van der Waals surface area (Å²) in [5.41, 5.74) is 0.503. The Morgan fingerprint density at radius 2 is 2.29 bits per heavy atom. The lowest BCUT2D eigenvalue weighted by Gasteiger charge is -2.29. The number of carboxylic acid groups (broad SMARTS) is 1. The third-order valence-corrected chi connectivity index (χ3v) is 4.28. The number of aliphatic carboxylic acids is 1. The molecule has 0 aromatic carbocycles. The van der Waals surface area contributed by atoms with Gasteiger partial charge in [0.15, 0.2) is 0 Å². The van der Waals surface area contributed by atoms with Crippen LogP contribution in [0.25, 0.3) is 0 Å². The van der Waals surface area contributed by atoms with Crippen LogP contribution in [0.15, 0.2) is 23.4 Å². The van der Waals surface area contributed by atoms with Crippen molar-refractivity contribution in [3.8, 4) is 0 Å². The molecule has 0 aliphatic carbocycles. The normalized spacial score (nSPS) is 21.2. The van der Waals surface area contributed by atoms with Gasteiger partial charge in [-0.2, -0.15) is 0 Å². The van der Waals surface area contributed by atoms with E-state index in [1.165, 1.54) is 11.8 Å². The summed E-state index contributed by atoms with van der Waals surface area (Å²) in [5, 5.41) is 9.89. The summed E-state index contributed by atoms with van der Waals surface area (Å²) >= 11 is 1.40. The summed E-state index contributed by atoms with van der Waals surface area (Å²) in [5.74, 6) is -1.81. The fraction of sp³-hybridized carbons (Fsp3) is 0.500. The minimum Gasteiger partial charge on any atom is -0.481 e. The van der Waals surface area contributed by atoms with Crippen molar-refractivity contribution < 1.29 is 19.4 Å². The number of rotatable bonds is 5. The van der Waals surface area contributed by atoms with Gasteiger partial charge in [0.2, 0.25) is 0 Å². The molecule has 1 aliphatic rings. The van der Waals surface area contributed by atoms with Crippen molar-refractivity contribution in [2.24, 2.45) is 5.92 Å². The Labute approximate surface area is 127 Å². The molecule has 1 aromatic rings. The van der Waals surface area contributed by atoms with Crippen molar-refractivity contribution >= 4 is 23.6 Å². The maximum atomic E-state index is 12.7. The van der Waals surface area contributed by atoms with Crippen LogP contribution in [0.4, 0.5) is 0 Å². The largest absolute Gasteiger partial charge is 0.481 e. The molecular formula is C14H18N2O4S. The maximum Gasteiger partial charge on any atom is 0.311 e. The standard InChI is InChI=1S/C14H18N2O4S/c1-3-16(11-8-20-7-10(11)14(18)19)13(17)9-5-4-6-15-12(9)21-2/h4-6,10-11H,3,7-8H2,1-2H3,(H,18,19). The molecule has 1 fully saturated rings. The van der Waals surface area contributed by atoms with Crippen molar-refractivity contribution in [2.75, 3.05) is 26.0 Å². The molecule has 1 aromatic heterocycles. The molecule has 0 saturated carbocycles. The number of likely N-dealkylation sites (N-methyl/N-ethyl adjacent to an activating group) is 1. The van der Waals surface area contributed by atoms with Crippen LogP contribution in [-0.4, -0.2) is 58.9 Å². The average molecular weight is 310 g/mol. The van der Waals surface area contributed by atoms with Crippen molar-refractivity contribution in [3.63, 3.8) is 0 Å². The first-order chi connectivity index (χ1) is 10.1. The van der Waals surface area contributed by atoms with E-state index in [-0.39, 0.29) is 19.1 Å². The van der Waals surface area contributed by atoms with E-state index in [1.807, 2.05) is 13.2 Å². The zero-order chi connectivity index (χ0) is 15.4. The van der Waals surface area contributed by atoms with Crippen LogP contribution < -0.4 is 0 Å². The summed E-state index contributed by atoms with van der Waals surface area (Å²) in [6, 6.07) is 2.99. The van der Waals surface area contributed by atoms with Crippen LogP contribution in [-0.2, 0) is 9.53 Å². The summed E-state index contributed by atoms with van der Waals surface area (Å²) in [7, 11) is 0. The summed E-state index contributed by atoms with van der Waals surface area (Å²) in [4.78, 5) is 29.8. The second-order valence-corrected chi connectivity index (χ2v) is 5.50. The summed E-state index contributed by atoms with van der Waals surface area (Å²) in [6.45, 7) is 2.67. The fourth-order valence-electron chi connectivity index (χ4n) is 2.49. The number of carbonyl (C=O) groups is 2. The number of hydrogen-bond donors (Lipinski definition) is 1. The molecular weight excluding hydrogens is 292 g/mol. The minimum atomic E-state index is -0.931.